The Hall–Kier alpha value is -2.40. The second kappa shape index (κ2) is 7.31. The van der Waals surface area contributed by atoms with E-state index in [0.717, 1.165) is 37.4 Å². The highest BCUT2D eigenvalue weighted by atomic mass is 32.2. The van der Waals surface area contributed by atoms with E-state index in [1.807, 2.05) is 24.3 Å². The fraction of sp³-hybridized carbons (Fsp3) is 0.353. The van der Waals surface area contributed by atoms with E-state index in [9.17, 15) is 8.42 Å². The largest absolute Gasteiger partial charge is 0.314 e. The zero-order valence-corrected chi connectivity index (χ0v) is 15.5. The van der Waals surface area contributed by atoms with Gasteiger partial charge in [-0.2, -0.15) is 5.10 Å². The van der Waals surface area contributed by atoms with Gasteiger partial charge in [-0.3, -0.25) is 4.90 Å². The predicted octanol–water partition coefficient (Wildman–Crippen LogP) is -0.0393. The van der Waals surface area contributed by atoms with Crippen LogP contribution in [0.1, 0.15) is 17.3 Å². The van der Waals surface area contributed by atoms with Crippen molar-refractivity contribution in [2.75, 3.05) is 26.2 Å². The van der Waals surface area contributed by atoms with Crippen LogP contribution >= 0.6 is 0 Å². The molecular weight excluding hydrogens is 366 g/mol. The minimum atomic E-state index is -3.69. The zero-order valence-electron chi connectivity index (χ0n) is 14.7. The van der Waals surface area contributed by atoms with Crippen LogP contribution in [0.4, 0.5) is 0 Å². The first-order chi connectivity index (χ1) is 13.0. The van der Waals surface area contributed by atoms with E-state index in [-0.39, 0.29) is 10.9 Å². The molecule has 1 atom stereocenters. The number of hydrogen-bond donors (Lipinski definition) is 2. The maximum atomic E-state index is 11.5. The molecule has 1 unspecified atom stereocenters. The Morgan fingerprint density at radius 3 is 2.56 bits per heavy atom. The summed E-state index contributed by atoms with van der Waals surface area (Å²) in [5.41, 5.74) is 2.66. The molecule has 1 aromatic carbocycles. The van der Waals surface area contributed by atoms with Crippen molar-refractivity contribution in [3.8, 4) is 0 Å². The first-order valence-electron chi connectivity index (χ1n) is 8.74. The first kappa shape index (κ1) is 18.0. The van der Waals surface area contributed by atoms with E-state index in [0.29, 0.717) is 12.1 Å². The van der Waals surface area contributed by atoms with E-state index < -0.39 is 10.0 Å². The molecule has 0 saturated carbocycles. The molecule has 0 radical (unpaired) electrons. The topological polar surface area (TPSA) is 119 Å². The molecule has 3 heterocycles. The van der Waals surface area contributed by atoms with E-state index in [2.05, 4.69) is 25.5 Å². The Morgan fingerprint density at radius 2 is 1.85 bits per heavy atom. The Labute approximate surface area is 157 Å². The molecule has 3 aromatic rings. The highest BCUT2D eigenvalue weighted by Gasteiger charge is 2.24. The lowest BCUT2D eigenvalue weighted by molar-refractivity contribution is 0.168. The Bertz CT molecular complexity index is 1030. The monoisotopic (exact) mass is 387 g/mol. The van der Waals surface area contributed by atoms with Gasteiger partial charge in [0.15, 0.2) is 5.65 Å². The van der Waals surface area contributed by atoms with Crippen LogP contribution in [0, 0.1) is 0 Å². The lowest BCUT2D eigenvalue weighted by atomic mass is 10.0. The van der Waals surface area contributed by atoms with Crippen LogP contribution in [0.2, 0.25) is 0 Å². The lowest BCUT2D eigenvalue weighted by Gasteiger charge is -2.34. The van der Waals surface area contributed by atoms with Gasteiger partial charge in [-0.1, -0.05) is 12.1 Å². The van der Waals surface area contributed by atoms with Gasteiger partial charge in [-0.25, -0.2) is 18.1 Å². The van der Waals surface area contributed by atoms with Crippen LogP contribution < -0.4 is 10.5 Å². The average molecular weight is 387 g/mol. The van der Waals surface area contributed by atoms with E-state index in [1.165, 1.54) is 0 Å². The number of aromatic nitrogens is 4. The normalized spacial score (nSPS) is 17.2. The summed E-state index contributed by atoms with van der Waals surface area (Å²) in [4.78, 5) is 2.51. The van der Waals surface area contributed by atoms with Crippen LogP contribution in [0.15, 0.2) is 47.6 Å². The summed E-state index contributed by atoms with van der Waals surface area (Å²) in [5.74, 6) is 0. The number of nitrogens with two attached hydrogens (primary N) is 1. The van der Waals surface area contributed by atoms with Crippen molar-refractivity contribution in [3.05, 3.63) is 54.0 Å². The van der Waals surface area contributed by atoms with Crippen molar-refractivity contribution in [1.82, 2.24) is 30.0 Å². The molecule has 4 rings (SSSR count). The van der Waals surface area contributed by atoms with Gasteiger partial charge in [-0.15, -0.1) is 10.2 Å². The quantitative estimate of drug-likeness (QED) is 0.630. The Morgan fingerprint density at radius 1 is 1.11 bits per heavy atom. The Balaban J connectivity index is 1.65. The molecule has 0 bridgehead atoms. The molecule has 1 aliphatic heterocycles. The van der Waals surface area contributed by atoms with Crippen molar-refractivity contribution >= 4 is 15.7 Å². The predicted molar refractivity (Wildman–Crippen MR) is 99.5 cm³/mol. The minimum Gasteiger partial charge on any atom is -0.314 e. The molecule has 142 valence electrons. The van der Waals surface area contributed by atoms with E-state index >= 15 is 0 Å². The molecule has 1 saturated heterocycles. The summed E-state index contributed by atoms with van der Waals surface area (Å²) in [6, 6.07) is 10.7. The number of nitrogens with zero attached hydrogens (tertiary/aromatic N) is 5. The lowest BCUT2D eigenvalue weighted by Crippen LogP contribution is -2.46. The number of benzene rings is 1. The third kappa shape index (κ3) is 3.98. The fourth-order valence-electron chi connectivity index (χ4n) is 3.37. The molecule has 2 aromatic heterocycles. The number of hydrogen-bond acceptors (Lipinski definition) is 7. The average Bonchev–Trinajstić information content (AvgIpc) is 3.14. The number of primary sulfonamides is 1. The molecule has 1 fully saturated rings. The van der Waals surface area contributed by atoms with Crippen molar-refractivity contribution in [1.29, 1.82) is 0 Å². The van der Waals surface area contributed by atoms with Crippen molar-refractivity contribution in [2.45, 2.75) is 17.4 Å². The minimum absolute atomic E-state index is 0.0687. The highest BCUT2D eigenvalue weighted by Crippen LogP contribution is 2.25. The van der Waals surface area contributed by atoms with Crippen molar-refractivity contribution in [3.63, 3.8) is 0 Å². The molecular formula is C17H21N7O2S. The maximum absolute atomic E-state index is 11.5. The summed E-state index contributed by atoms with van der Waals surface area (Å²) in [5, 5.41) is 21.1. The fourth-order valence-corrected chi connectivity index (χ4v) is 3.89. The summed E-state index contributed by atoms with van der Waals surface area (Å²) in [7, 11) is -3.69. The third-order valence-electron chi connectivity index (χ3n) is 4.80. The molecule has 0 amide bonds. The van der Waals surface area contributed by atoms with Gasteiger partial charge in [0.05, 0.1) is 16.6 Å². The van der Waals surface area contributed by atoms with Crippen LogP contribution in [-0.4, -0.2) is 59.3 Å². The first-order valence-corrected chi connectivity index (χ1v) is 10.3. The maximum Gasteiger partial charge on any atom is 0.238 e. The molecule has 0 aliphatic carbocycles. The third-order valence-corrected chi connectivity index (χ3v) is 5.73. The van der Waals surface area contributed by atoms with Gasteiger partial charge in [0.2, 0.25) is 10.0 Å². The number of sulfonamides is 1. The van der Waals surface area contributed by atoms with Crippen molar-refractivity contribution in [2.24, 2.45) is 5.14 Å². The molecule has 9 nitrogen and oxygen atoms in total. The zero-order chi connectivity index (χ0) is 18.9. The summed E-state index contributed by atoms with van der Waals surface area (Å²) >= 11 is 0. The smallest absolute Gasteiger partial charge is 0.238 e. The number of nitrogens with one attached hydrogen (secondary N) is 1. The van der Waals surface area contributed by atoms with Gasteiger partial charge >= 0.3 is 0 Å². The molecule has 1 aliphatic rings. The van der Waals surface area contributed by atoms with Crippen molar-refractivity contribution < 1.29 is 8.42 Å². The Kier molecular flexibility index (Phi) is 4.87. The standard InChI is InChI=1S/C17H21N7O2S/c18-27(25,26)14-3-1-13(2-4-14)11-16(23-9-7-19-8-10-23)15-5-6-17-21-20-12-24(17)22-15/h1-6,12,16,19H,7-11H2,(H2,18,25,26). The highest BCUT2D eigenvalue weighted by molar-refractivity contribution is 7.89. The van der Waals surface area contributed by atoms with Crippen LogP contribution in [0.25, 0.3) is 5.65 Å². The molecule has 10 heteroatoms. The van der Waals surface area contributed by atoms with Gasteiger partial charge in [0.1, 0.15) is 6.33 Å². The van der Waals surface area contributed by atoms with Crippen LogP contribution in [-0.2, 0) is 16.4 Å². The number of piperazine rings is 1. The second-order valence-corrected chi connectivity index (χ2v) is 8.15. The summed E-state index contributed by atoms with van der Waals surface area (Å²) in [6.07, 6.45) is 2.31. The molecule has 3 N–H and O–H groups in total. The van der Waals surface area contributed by atoms with Gasteiger partial charge in [-0.05, 0) is 36.2 Å². The van der Waals surface area contributed by atoms with E-state index in [4.69, 9.17) is 5.14 Å². The van der Waals surface area contributed by atoms with E-state index in [1.54, 1.807) is 23.0 Å². The summed E-state index contributed by atoms with van der Waals surface area (Å²) in [6.45, 7) is 3.69. The number of rotatable bonds is 5. The number of fused-ring (bicyclic) bond motifs is 1. The van der Waals surface area contributed by atoms with Gasteiger partial charge in [0, 0.05) is 26.2 Å². The molecule has 0 spiro atoms. The van der Waals surface area contributed by atoms with Crippen LogP contribution in [0.3, 0.4) is 0 Å². The SMILES string of the molecule is NS(=O)(=O)c1ccc(CC(c2ccc3nncn3n2)N2CCNCC2)cc1. The second-order valence-electron chi connectivity index (χ2n) is 6.59. The van der Waals surface area contributed by atoms with Crippen LogP contribution in [0.5, 0.6) is 0 Å². The molecule has 27 heavy (non-hydrogen) atoms. The van der Waals surface area contributed by atoms with Gasteiger partial charge in [0.25, 0.3) is 0 Å². The summed E-state index contributed by atoms with van der Waals surface area (Å²) < 4.78 is 24.6. The van der Waals surface area contributed by atoms with Gasteiger partial charge < -0.3 is 5.32 Å².